The van der Waals surface area contributed by atoms with E-state index in [9.17, 15) is 14.4 Å². The average molecular weight is 524 g/mol. The smallest absolute Gasteiger partial charge is 0.254 e. The highest BCUT2D eigenvalue weighted by Crippen LogP contribution is 2.32. The average Bonchev–Trinajstić information content (AvgIpc) is 3.43. The lowest BCUT2D eigenvalue weighted by molar-refractivity contribution is -0.119. The summed E-state index contributed by atoms with van der Waals surface area (Å²) < 4.78 is 5.93. The van der Waals surface area contributed by atoms with Gasteiger partial charge in [-0.3, -0.25) is 14.4 Å². The van der Waals surface area contributed by atoms with Gasteiger partial charge in [0.1, 0.15) is 12.3 Å². The van der Waals surface area contributed by atoms with Gasteiger partial charge in [0.25, 0.3) is 11.8 Å². The molecule has 0 saturated heterocycles. The fourth-order valence-corrected chi connectivity index (χ4v) is 4.88. The van der Waals surface area contributed by atoms with Gasteiger partial charge in [0, 0.05) is 36.8 Å². The van der Waals surface area contributed by atoms with Crippen LogP contribution in [0.3, 0.4) is 0 Å². The zero-order chi connectivity index (χ0) is 27.5. The summed E-state index contributed by atoms with van der Waals surface area (Å²) in [5, 5.41) is 0. The molecule has 0 saturated carbocycles. The maximum absolute atomic E-state index is 13.7. The Morgan fingerprint density at radius 2 is 1.44 bits per heavy atom. The molecule has 0 spiro atoms. The number of anilines is 1. The minimum atomic E-state index is -0.182. The molecule has 0 aliphatic carbocycles. The van der Waals surface area contributed by atoms with Crippen molar-refractivity contribution in [3.8, 4) is 5.75 Å². The van der Waals surface area contributed by atoms with Crippen LogP contribution in [0.4, 0.5) is 5.69 Å². The Bertz CT molecular complexity index is 1400. The molecule has 0 aromatic heterocycles. The lowest BCUT2D eigenvalue weighted by Gasteiger charge is -2.24. The molecule has 3 aromatic carbocycles. The maximum Gasteiger partial charge on any atom is 0.254 e. The van der Waals surface area contributed by atoms with Gasteiger partial charge in [-0.15, -0.1) is 0 Å². The van der Waals surface area contributed by atoms with E-state index in [2.05, 4.69) is 0 Å². The summed E-state index contributed by atoms with van der Waals surface area (Å²) in [5.41, 5.74) is 4.71. The largest absolute Gasteiger partial charge is 0.491 e. The molecule has 2 aliphatic heterocycles. The Hall–Kier alpha value is -4.39. The standard InChI is InChI=1S/C32H33N3O4/c1-22(2)39-28-15-14-27-20-34(32(38)25-10-6-23(3)7-11-25)21-30(36)35(29(27)18-28)19-24-8-12-26(13-9-24)31(37)33-16-4-5-17-33/h4-15,18,22H,16-17,19-21H2,1-3H3. The number of carbonyl (C=O) groups excluding carboxylic acids is 3. The Morgan fingerprint density at radius 3 is 2.08 bits per heavy atom. The van der Waals surface area contributed by atoms with Crippen molar-refractivity contribution in [3.05, 3.63) is 107 Å². The van der Waals surface area contributed by atoms with Crippen molar-refractivity contribution >= 4 is 23.4 Å². The summed E-state index contributed by atoms with van der Waals surface area (Å²) in [6.45, 7) is 7.71. The fourth-order valence-electron chi connectivity index (χ4n) is 4.88. The number of rotatable bonds is 6. The molecule has 3 aromatic rings. The highest BCUT2D eigenvalue weighted by atomic mass is 16.5. The van der Waals surface area contributed by atoms with Gasteiger partial charge in [0.15, 0.2) is 0 Å². The SMILES string of the molecule is Cc1ccc(C(=O)N2CC(=O)N(Cc3ccc(C(=O)N4CC=CC4)cc3)c3cc(OC(C)C)ccc3C2)cc1. The third-order valence-electron chi connectivity index (χ3n) is 6.94. The lowest BCUT2D eigenvalue weighted by Crippen LogP contribution is -2.39. The summed E-state index contributed by atoms with van der Waals surface area (Å²) >= 11 is 0. The highest BCUT2D eigenvalue weighted by Gasteiger charge is 2.30. The fraction of sp³-hybridized carbons (Fsp3) is 0.281. The molecule has 0 radical (unpaired) electrons. The van der Waals surface area contributed by atoms with Crippen LogP contribution in [0.1, 0.15) is 51.3 Å². The van der Waals surface area contributed by atoms with Crippen molar-refractivity contribution in [2.75, 3.05) is 24.5 Å². The second kappa shape index (κ2) is 11.2. The first-order valence-corrected chi connectivity index (χ1v) is 13.3. The Morgan fingerprint density at radius 1 is 0.821 bits per heavy atom. The number of aryl methyl sites for hydroxylation is 1. The Kier molecular flexibility index (Phi) is 7.50. The summed E-state index contributed by atoms with van der Waals surface area (Å²) in [6, 6.07) is 20.5. The molecule has 7 nitrogen and oxygen atoms in total. The van der Waals surface area contributed by atoms with E-state index in [0.717, 1.165) is 22.4 Å². The topological polar surface area (TPSA) is 70.2 Å². The van der Waals surface area contributed by atoms with Gasteiger partial charge in [-0.25, -0.2) is 0 Å². The summed E-state index contributed by atoms with van der Waals surface area (Å²) in [5.74, 6) is 0.292. The number of nitrogens with zero attached hydrogens (tertiary/aromatic N) is 3. The molecule has 0 unspecified atom stereocenters. The van der Waals surface area contributed by atoms with Gasteiger partial charge in [0.05, 0.1) is 18.3 Å². The van der Waals surface area contributed by atoms with E-state index in [4.69, 9.17) is 4.74 Å². The third-order valence-corrected chi connectivity index (χ3v) is 6.94. The second-order valence-electron chi connectivity index (χ2n) is 10.3. The molecule has 3 amide bonds. The van der Waals surface area contributed by atoms with Crippen molar-refractivity contribution < 1.29 is 19.1 Å². The number of fused-ring (bicyclic) bond motifs is 1. The van der Waals surface area contributed by atoms with Gasteiger partial charge in [-0.1, -0.05) is 48.0 Å². The van der Waals surface area contributed by atoms with Crippen molar-refractivity contribution in [1.82, 2.24) is 9.80 Å². The molecule has 0 atom stereocenters. The minimum Gasteiger partial charge on any atom is -0.491 e. The number of carbonyl (C=O) groups is 3. The first kappa shape index (κ1) is 26.2. The zero-order valence-electron chi connectivity index (χ0n) is 22.6. The molecule has 0 N–H and O–H groups in total. The molecular formula is C32H33N3O4. The molecule has 0 fully saturated rings. The van der Waals surface area contributed by atoms with E-state index in [-0.39, 0.29) is 30.4 Å². The molecule has 2 heterocycles. The van der Waals surface area contributed by atoms with Crippen molar-refractivity contribution in [3.63, 3.8) is 0 Å². The summed E-state index contributed by atoms with van der Waals surface area (Å²) in [6.07, 6.45) is 3.95. The van der Waals surface area contributed by atoms with Crippen molar-refractivity contribution in [1.29, 1.82) is 0 Å². The zero-order valence-corrected chi connectivity index (χ0v) is 22.6. The van der Waals surface area contributed by atoms with Gasteiger partial charge >= 0.3 is 0 Å². The van der Waals surface area contributed by atoms with E-state index in [0.29, 0.717) is 43.1 Å². The van der Waals surface area contributed by atoms with E-state index in [1.807, 2.05) is 87.5 Å². The maximum atomic E-state index is 13.7. The monoisotopic (exact) mass is 523 g/mol. The quantitative estimate of drug-likeness (QED) is 0.427. The van der Waals surface area contributed by atoms with E-state index >= 15 is 0 Å². The predicted octanol–water partition coefficient (Wildman–Crippen LogP) is 4.98. The second-order valence-corrected chi connectivity index (χ2v) is 10.3. The van der Waals surface area contributed by atoms with E-state index in [1.54, 1.807) is 26.8 Å². The van der Waals surface area contributed by atoms with Crippen LogP contribution in [0.5, 0.6) is 5.75 Å². The van der Waals surface area contributed by atoms with Crippen LogP contribution in [-0.2, 0) is 17.9 Å². The summed E-state index contributed by atoms with van der Waals surface area (Å²) in [7, 11) is 0. The van der Waals surface area contributed by atoms with Gasteiger partial charge in [0.2, 0.25) is 5.91 Å². The molecule has 2 aliphatic rings. The summed E-state index contributed by atoms with van der Waals surface area (Å²) in [4.78, 5) is 44.9. The normalized spacial score (nSPS) is 15.0. The van der Waals surface area contributed by atoms with Crippen LogP contribution >= 0.6 is 0 Å². The van der Waals surface area contributed by atoms with E-state index in [1.165, 1.54) is 0 Å². The minimum absolute atomic E-state index is 0.0107. The van der Waals surface area contributed by atoms with Crippen molar-refractivity contribution in [2.45, 2.75) is 40.0 Å². The van der Waals surface area contributed by atoms with Crippen LogP contribution in [-0.4, -0.2) is 53.3 Å². The predicted molar refractivity (Wildman–Crippen MR) is 151 cm³/mol. The third kappa shape index (κ3) is 5.87. The molecule has 5 rings (SSSR count). The molecule has 7 heteroatoms. The van der Waals surface area contributed by atoms with Gasteiger partial charge in [-0.05, 0) is 62.2 Å². The van der Waals surface area contributed by atoms with Crippen LogP contribution in [0.15, 0.2) is 78.9 Å². The first-order chi connectivity index (χ1) is 18.8. The van der Waals surface area contributed by atoms with Crippen LogP contribution in [0, 0.1) is 6.92 Å². The Labute approximate surface area is 229 Å². The van der Waals surface area contributed by atoms with Crippen LogP contribution in [0.2, 0.25) is 0 Å². The Balaban J connectivity index is 1.43. The number of hydrogen-bond donors (Lipinski definition) is 0. The van der Waals surface area contributed by atoms with Crippen LogP contribution < -0.4 is 9.64 Å². The highest BCUT2D eigenvalue weighted by molar-refractivity contribution is 6.02. The van der Waals surface area contributed by atoms with E-state index < -0.39 is 0 Å². The van der Waals surface area contributed by atoms with Crippen LogP contribution in [0.25, 0.3) is 0 Å². The first-order valence-electron chi connectivity index (χ1n) is 13.3. The molecule has 39 heavy (non-hydrogen) atoms. The molecular weight excluding hydrogens is 490 g/mol. The molecule has 200 valence electrons. The lowest BCUT2D eigenvalue weighted by atomic mass is 10.1. The number of hydrogen-bond acceptors (Lipinski definition) is 4. The number of benzene rings is 3. The van der Waals surface area contributed by atoms with Gasteiger partial charge in [-0.2, -0.15) is 0 Å². The number of amides is 3. The van der Waals surface area contributed by atoms with Gasteiger partial charge < -0.3 is 19.4 Å². The van der Waals surface area contributed by atoms with Crippen molar-refractivity contribution in [2.24, 2.45) is 0 Å². The molecule has 0 bridgehead atoms. The number of ether oxygens (including phenoxy) is 1.